The minimum absolute atomic E-state index is 0.162. The molecule has 0 saturated heterocycles. The van der Waals surface area contributed by atoms with Crippen LogP contribution >= 0.6 is 0 Å². The van der Waals surface area contributed by atoms with Gasteiger partial charge in [0.05, 0.1) is 6.10 Å². The molecule has 1 heterocycles. The molecular formula is C15H16O4. The number of benzene rings is 2. The fourth-order valence-electron chi connectivity index (χ4n) is 2.50. The van der Waals surface area contributed by atoms with Crippen molar-refractivity contribution in [1.29, 1.82) is 0 Å². The summed E-state index contributed by atoms with van der Waals surface area (Å²) in [6.45, 7) is 3.61. The standard InChI is InChI=1S/C15H16O4/c1-15(2)11(16)7-10-13(18)12(17)8-5-3-4-6-9(8)14(10)19-15/h3-6,11,16-18H,7H2,1-2H3. The van der Waals surface area contributed by atoms with E-state index in [2.05, 4.69) is 0 Å². The second-order valence-electron chi connectivity index (χ2n) is 5.48. The first-order chi connectivity index (χ1) is 8.92. The van der Waals surface area contributed by atoms with Crippen LogP contribution < -0.4 is 4.74 Å². The molecule has 2 aromatic rings. The van der Waals surface area contributed by atoms with Gasteiger partial charge in [-0.25, -0.2) is 0 Å². The first kappa shape index (κ1) is 12.1. The Morgan fingerprint density at radius 1 is 1.11 bits per heavy atom. The van der Waals surface area contributed by atoms with Crippen molar-refractivity contribution in [3.63, 3.8) is 0 Å². The predicted octanol–water partition coefficient (Wildman–Crippen LogP) is 2.33. The summed E-state index contributed by atoms with van der Waals surface area (Å²) in [5.74, 6) is 0.175. The number of fused-ring (bicyclic) bond motifs is 3. The Balaban J connectivity index is 2.36. The van der Waals surface area contributed by atoms with Crippen LogP contribution in [0.3, 0.4) is 0 Å². The van der Waals surface area contributed by atoms with Crippen LogP contribution in [0.4, 0.5) is 0 Å². The zero-order valence-electron chi connectivity index (χ0n) is 10.8. The SMILES string of the molecule is CC1(C)Oc2c(c(O)c(O)c3ccccc23)CC1O. The quantitative estimate of drug-likeness (QED) is 0.636. The van der Waals surface area contributed by atoms with E-state index in [1.807, 2.05) is 12.1 Å². The van der Waals surface area contributed by atoms with Crippen molar-refractivity contribution in [2.24, 2.45) is 0 Å². The molecule has 3 rings (SSSR count). The van der Waals surface area contributed by atoms with Crippen LogP contribution in [0.5, 0.6) is 17.2 Å². The molecule has 1 aliphatic heterocycles. The first-order valence-corrected chi connectivity index (χ1v) is 6.24. The lowest BCUT2D eigenvalue weighted by molar-refractivity contribution is -0.0406. The van der Waals surface area contributed by atoms with Crippen molar-refractivity contribution >= 4 is 10.8 Å². The van der Waals surface area contributed by atoms with E-state index >= 15 is 0 Å². The molecule has 0 aromatic heterocycles. The van der Waals surface area contributed by atoms with Crippen LogP contribution in [0.25, 0.3) is 10.8 Å². The highest BCUT2D eigenvalue weighted by Gasteiger charge is 2.38. The molecule has 3 N–H and O–H groups in total. The predicted molar refractivity (Wildman–Crippen MR) is 71.7 cm³/mol. The highest BCUT2D eigenvalue weighted by molar-refractivity contribution is 5.97. The largest absolute Gasteiger partial charge is 0.504 e. The molecule has 19 heavy (non-hydrogen) atoms. The summed E-state index contributed by atoms with van der Waals surface area (Å²) in [4.78, 5) is 0. The topological polar surface area (TPSA) is 69.9 Å². The molecule has 1 unspecified atom stereocenters. The number of hydrogen-bond donors (Lipinski definition) is 3. The van der Waals surface area contributed by atoms with Gasteiger partial charge in [-0.15, -0.1) is 0 Å². The molecule has 0 saturated carbocycles. The smallest absolute Gasteiger partial charge is 0.166 e. The van der Waals surface area contributed by atoms with Gasteiger partial charge in [-0.2, -0.15) is 0 Å². The van der Waals surface area contributed by atoms with E-state index in [0.717, 1.165) is 5.39 Å². The maximum atomic E-state index is 10.1. The molecule has 0 fully saturated rings. The van der Waals surface area contributed by atoms with Crippen molar-refractivity contribution in [2.45, 2.75) is 32.0 Å². The Bertz CT molecular complexity index is 661. The molecule has 1 aliphatic rings. The number of rotatable bonds is 0. The average Bonchev–Trinajstić information content (AvgIpc) is 2.38. The highest BCUT2D eigenvalue weighted by atomic mass is 16.5. The van der Waals surface area contributed by atoms with E-state index < -0.39 is 11.7 Å². The van der Waals surface area contributed by atoms with Gasteiger partial charge in [-0.3, -0.25) is 0 Å². The van der Waals surface area contributed by atoms with Gasteiger partial charge in [0.25, 0.3) is 0 Å². The van der Waals surface area contributed by atoms with Crippen molar-refractivity contribution in [2.75, 3.05) is 0 Å². The third-order valence-corrected chi connectivity index (χ3v) is 3.78. The van der Waals surface area contributed by atoms with Gasteiger partial charge in [-0.05, 0) is 13.8 Å². The van der Waals surface area contributed by atoms with Crippen LogP contribution in [-0.2, 0) is 6.42 Å². The third kappa shape index (κ3) is 1.64. The van der Waals surface area contributed by atoms with E-state index in [1.54, 1.807) is 26.0 Å². The van der Waals surface area contributed by atoms with Crippen LogP contribution in [0, 0.1) is 0 Å². The van der Waals surface area contributed by atoms with E-state index in [0.29, 0.717) is 16.7 Å². The molecule has 4 nitrogen and oxygen atoms in total. The Hall–Kier alpha value is -1.94. The molecule has 0 radical (unpaired) electrons. The number of phenols is 2. The second kappa shape index (κ2) is 3.78. The van der Waals surface area contributed by atoms with E-state index in [9.17, 15) is 15.3 Å². The minimum Gasteiger partial charge on any atom is -0.504 e. The van der Waals surface area contributed by atoms with Crippen LogP contribution in [0.2, 0.25) is 0 Å². The Labute approximate surface area is 110 Å². The lowest BCUT2D eigenvalue weighted by atomic mass is 9.88. The molecule has 100 valence electrons. The number of phenolic OH excluding ortho intramolecular Hbond substituents is 2. The fourth-order valence-corrected chi connectivity index (χ4v) is 2.50. The Morgan fingerprint density at radius 3 is 2.42 bits per heavy atom. The summed E-state index contributed by atoms with van der Waals surface area (Å²) in [5, 5.41) is 31.5. The minimum atomic E-state index is -0.730. The number of aliphatic hydroxyl groups excluding tert-OH is 1. The summed E-state index contributed by atoms with van der Waals surface area (Å²) < 4.78 is 5.86. The normalized spacial score (nSPS) is 20.9. The Morgan fingerprint density at radius 2 is 1.74 bits per heavy atom. The van der Waals surface area contributed by atoms with Gasteiger partial charge in [0.2, 0.25) is 0 Å². The molecule has 0 aliphatic carbocycles. The second-order valence-corrected chi connectivity index (χ2v) is 5.48. The lowest BCUT2D eigenvalue weighted by Gasteiger charge is -2.38. The molecule has 4 heteroatoms. The fraction of sp³-hybridized carbons (Fsp3) is 0.333. The zero-order chi connectivity index (χ0) is 13.8. The number of aromatic hydroxyl groups is 2. The summed E-state index contributed by atoms with van der Waals surface area (Å²) >= 11 is 0. The van der Waals surface area contributed by atoms with Crippen molar-refractivity contribution in [3.05, 3.63) is 29.8 Å². The molecule has 0 spiro atoms. The zero-order valence-corrected chi connectivity index (χ0v) is 10.8. The van der Waals surface area contributed by atoms with Gasteiger partial charge >= 0.3 is 0 Å². The summed E-state index contributed by atoms with van der Waals surface area (Å²) in [6.07, 6.45) is -0.474. The summed E-state index contributed by atoms with van der Waals surface area (Å²) in [6, 6.07) is 7.20. The van der Waals surface area contributed by atoms with Crippen LogP contribution in [-0.4, -0.2) is 27.0 Å². The number of ether oxygens (including phenoxy) is 1. The Kier molecular flexibility index (Phi) is 2.41. The monoisotopic (exact) mass is 260 g/mol. The summed E-state index contributed by atoms with van der Waals surface area (Å²) in [5.41, 5.74) is -0.262. The molecule has 1 atom stereocenters. The lowest BCUT2D eigenvalue weighted by Crippen LogP contribution is -2.46. The molecule has 2 aromatic carbocycles. The maximum absolute atomic E-state index is 10.1. The highest BCUT2D eigenvalue weighted by Crippen LogP contribution is 2.48. The number of hydrogen-bond acceptors (Lipinski definition) is 4. The van der Waals surface area contributed by atoms with Crippen molar-refractivity contribution in [1.82, 2.24) is 0 Å². The third-order valence-electron chi connectivity index (χ3n) is 3.78. The van der Waals surface area contributed by atoms with Gasteiger partial charge in [0.15, 0.2) is 11.5 Å². The van der Waals surface area contributed by atoms with Gasteiger partial charge in [0.1, 0.15) is 11.4 Å². The van der Waals surface area contributed by atoms with E-state index in [-0.39, 0.29) is 17.9 Å². The van der Waals surface area contributed by atoms with Gasteiger partial charge in [-0.1, -0.05) is 24.3 Å². The van der Waals surface area contributed by atoms with Gasteiger partial charge in [0, 0.05) is 22.8 Å². The van der Waals surface area contributed by atoms with Crippen molar-refractivity contribution < 1.29 is 20.1 Å². The molecule has 0 amide bonds. The van der Waals surface area contributed by atoms with Gasteiger partial charge < -0.3 is 20.1 Å². The number of aliphatic hydroxyl groups is 1. The van der Waals surface area contributed by atoms with E-state index in [4.69, 9.17) is 4.74 Å². The molecular weight excluding hydrogens is 244 g/mol. The summed E-state index contributed by atoms with van der Waals surface area (Å²) in [7, 11) is 0. The van der Waals surface area contributed by atoms with E-state index in [1.165, 1.54) is 0 Å². The van der Waals surface area contributed by atoms with Crippen LogP contribution in [0.1, 0.15) is 19.4 Å². The van der Waals surface area contributed by atoms with Crippen LogP contribution in [0.15, 0.2) is 24.3 Å². The van der Waals surface area contributed by atoms with Crippen molar-refractivity contribution in [3.8, 4) is 17.2 Å². The first-order valence-electron chi connectivity index (χ1n) is 6.24. The molecule has 0 bridgehead atoms. The average molecular weight is 260 g/mol. The maximum Gasteiger partial charge on any atom is 0.166 e.